The van der Waals surface area contributed by atoms with E-state index >= 15 is 0 Å². The first-order valence-corrected chi connectivity index (χ1v) is 10.5. The smallest absolute Gasteiger partial charge is 0.227 e. The summed E-state index contributed by atoms with van der Waals surface area (Å²) in [6.45, 7) is 11.2. The number of fused-ring (bicyclic) bond motifs is 1. The van der Waals surface area contributed by atoms with Gasteiger partial charge in [-0.15, -0.1) is 55.0 Å². The molecule has 1 heteroatoms. The van der Waals surface area contributed by atoms with Crippen molar-refractivity contribution in [2.45, 2.75) is 19.3 Å². The van der Waals surface area contributed by atoms with Crippen LogP contribution in [0.5, 0.6) is 0 Å². The summed E-state index contributed by atoms with van der Waals surface area (Å²) in [6.07, 6.45) is 13.0. The molecule has 0 radical (unpaired) electrons. The zero-order valence-corrected chi connectivity index (χ0v) is 19.9. The topological polar surface area (TPSA) is 0 Å². The fourth-order valence-electron chi connectivity index (χ4n) is 3.10. The van der Waals surface area contributed by atoms with Gasteiger partial charge in [0.05, 0.1) is 0 Å². The molecule has 1 saturated carbocycles. The maximum atomic E-state index is 3.72. The molecule has 0 spiro atoms. The minimum Gasteiger partial charge on any atom is -0.227 e. The third-order valence-electron chi connectivity index (χ3n) is 4.74. The van der Waals surface area contributed by atoms with Gasteiger partial charge >= 0.3 is 21.7 Å². The molecule has 2 aliphatic rings. The molecule has 0 heterocycles. The summed E-state index contributed by atoms with van der Waals surface area (Å²) in [5.41, 5.74) is 4.80. The van der Waals surface area contributed by atoms with Crippen LogP contribution in [0.4, 0.5) is 0 Å². The average molecular weight is 440 g/mol. The molecule has 0 aliphatic heterocycles. The second kappa shape index (κ2) is 16.1. The largest absolute Gasteiger partial charge is 4.00 e. The molecule has 0 saturated heterocycles. The van der Waals surface area contributed by atoms with Crippen molar-refractivity contribution in [3.8, 4) is 0 Å². The number of benzene rings is 3. The molecule has 1 atom stereocenters. The van der Waals surface area contributed by atoms with Crippen LogP contribution in [0.3, 0.4) is 0 Å². The molecular formula is C30H32Ti. The van der Waals surface area contributed by atoms with E-state index in [1.165, 1.54) is 19.3 Å². The van der Waals surface area contributed by atoms with E-state index in [2.05, 4.69) is 45.4 Å². The van der Waals surface area contributed by atoms with Crippen molar-refractivity contribution in [3.63, 3.8) is 0 Å². The Bertz CT molecular complexity index is 775. The molecule has 0 aromatic heterocycles. The summed E-state index contributed by atoms with van der Waals surface area (Å²) in [7, 11) is 0. The first-order valence-electron chi connectivity index (χ1n) is 10.5. The summed E-state index contributed by atoms with van der Waals surface area (Å²) in [5.74, 6) is 0.884. The van der Waals surface area contributed by atoms with E-state index in [0.717, 1.165) is 22.6 Å². The van der Waals surface area contributed by atoms with Crippen molar-refractivity contribution in [2.24, 2.45) is 5.92 Å². The third-order valence-corrected chi connectivity index (χ3v) is 4.74. The van der Waals surface area contributed by atoms with Gasteiger partial charge < -0.3 is 0 Å². The predicted octanol–water partition coefficient (Wildman–Crippen LogP) is 8.09. The summed E-state index contributed by atoms with van der Waals surface area (Å²) in [4.78, 5) is 0. The van der Waals surface area contributed by atoms with Crippen molar-refractivity contribution >= 4 is 0 Å². The minimum atomic E-state index is 0. The molecule has 1 unspecified atom stereocenters. The first kappa shape index (κ1) is 26.4. The van der Waals surface area contributed by atoms with Crippen LogP contribution in [0, 0.1) is 33.1 Å². The van der Waals surface area contributed by atoms with Crippen molar-refractivity contribution in [1.29, 1.82) is 0 Å². The van der Waals surface area contributed by atoms with Crippen molar-refractivity contribution < 1.29 is 21.7 Å². The van der Waals surface area contributed by atoms with Gasteiger partial charge in [0.1, 0.15) is 0 Å². The fraction of sp³-hybridized carbons (Fsp3) is 0.133. The van der Waals surface area contributed by atoms with E-state index in [-0.39, 0.29) is 21.7 Å². The number of rotatable bonds is 0. The van der Waals surface area contributed by atoms with Crippen LogP contribution in [0.1, 0.15) is 36.0 Å². The molecule has 2 aliphatic carbocycles. The van der Waals surface area contributed by atoms with E-state index in [4.69, 9.17) is 0 Å². The minimum absolute atomic E-state index is 0. The van der Waals surface area contributed by atoms with Crippen LogP contribution in [0.2, 0.25) is 0 Å². The van der Waals surface area contributed by atoms with Crippen LogP contribution in [-0.2, 0) is 21.7 Å². The second-order valence-electron chi connectivity index (χ2n) is 7.27. The van der Waals surface area contributed by atoms with Gasteiger partial charge in [0.2, 0.25) is 0 Å². The number of allylic oxidation sites excluding steroid dienone is 4. The maximum Gasteiger partial charge on any atom is 4.00 e. The fourth-order valence-corrected chi connectivity index (χ4v) is 3.10. The maximum absolute atomic E-state index is 3.72. The summed E-state index contributed by atoms with van der Waals surface area (Å²) in [5, 5.41) is 0. The van der Waals surface area contributed by atoms with Gasteiger partial charge in [0.15, 0.2) is 0 Å². The third kappa shape index (κ3) is 11.9. The molecule has 1 fully saturated rings. The zero-order chi connectivity index (χ0) is 21.4. The van der Waals surface area contributed by atoms with E-state index < -0.39 is 0 Å². The van der Waals surface area contributed by atoms with E-state index in [1.807, 2.05) is 91.0 Å². The van der Waals surface area contributed by atoms with Crippen LogP contribution in [-0.4, -0.2) is 0 Å². The number of hydrogen-bond acceptors (Lipinski definition) is 0. The van der Waals surface area contributed by atoms with Gasteiger partial charge in [0.25, 0.3) is 0 Å². The molecule has 0 nitrogen and oxygen atoms in total. The van der Waals surface area contributed by atoms with Gasteiger partial charge in [-0.05, 0) is 12.3 Å². The van der Waals surface area contributed by atoms with Gasteiger partial charge in [-0.2, -0.15) is 73.9 Å². The molecular weight excluding hydrogens is 408 g/mol. The van der Waals surface area contributed by atoms with Gasteiger partial charge in [-0.3, -0.25) is 0 Å². The molecule has 3 aromatic rings. The van der Waals surface area contributed by atoms with Crippen LogP contribution in [0.25, 0.3) is 0 Å². The summed E-state index contributed by atoms with van der Waals surface area (Å²) >= 11 is 0. The molecule has 5 rings (SSSR count). The Hall–Kier alpha value is -2.67. The van der Waals surface area contributed by atoms with Crippen molar-refractivity contribution in [3.05, 3.63) is 159 Å². The molecule has 0 N–H and O–H groups in total. The molecule has 0 bridgehead atoms. The molecule has 156 valence electrons. The van der Waals surface area contributed by atoms with Crippen LogP contribution >= 0.6 is 0 Å². The molecule has 31 heavy (non-hydrogen) atoms. The summed E-state index contributed by atoms with van der Waals surface area (Å²) in [6, 6.07) is 29.6. The first-order chi connectivity index (χ1) is 14.6. The second-order valence-corrected chi connectivity index (χ2v) is 7.27. The van der Waals surface area contributed by atoms with E-state index in [9.17, 15) is 0 Å². The zero-order valence-electron chi connectivity index (χ0n) is 18.3. The number of hydrogen-bond donors (Lipinski definition) is 0. The monoisotopic (exact) mass is 440 g/mol. The van der Waals surface area contributed by atoms with Gasteiger partial charge in [-0.1, -0.05) is 24.6 Å². The van der Waals surface area contributed by atoms with E-state index in [1.54, 1.807) is 5.57 Å². The Labute approximate surface area is 205 Å². The van der Waals surface area contributed by atoms with Gasteiger partial charge in [0, 0.05) is 0 Å². The van der Waals surface area contributed by atoms with Crippen molar-refractivity contribution in [2.75, 3.05) is 0 Å². The Morgan fingerprint density at radius 3 is 1.39 bits per heavy atom. The average Bonchev–Trinajstić information content (AvgIpc) is 3.26. The van der Waals surface area contributed by atoms with Crippen molar-refractivity contribution in [1.82, 2.24) is 0 Å². The standard InChI is InChI=1S/C9H11.3C7H7.Ti/c1-2-5-9-7-3-6-8(9)4-1;3*1-7-5-3-2-4-6-7;/h1-2,4,6,9H,3,5,7H2;3*2-6H,1H2;/q4*-1;+4. The Kier molecular flexibility index (Phi) is 13.7. The SMILES string of the molecule is C1=CCC2CC[CH-]C2=C1.[CH2-]c1ccccc1.[CH2-]c1ccccc1.[CH2-]c1ccccc1.[Ti+4]. The molecule has 0 amide bonds. The Morgan fingerprint density at radius 2 is 1.06 bits per heavy atom. The van der Waals surface area contributed by atoms with Crippen LogP contribution < -0.4 is 0 Å². The summed E-state index contributed by atoms with van der Waals surface area (Å²) < 4.78 is 0. The van der Waals surface area contributed by atoms with Crippen LogP contribution in [0.15, 0.2) is 115 Å². The predicted molar refractivity (Wildman–Crippen MR) is 132 cm³/mol. The quantitative estimate of drug-likeness (QED) is 0.245. The normalized spacial score (nSPS) is 14.8. The Balaban J connectivity index is 0.000000206. The van der Waals surface area contributed by atoms with E-state index in [0.29, 0.717) is 0 Å². The Morgan fingerprint density at radius 1 is 0.645 bits per heavy atom. The van der Waals surface area contributed by atoms with Gasteiger partial charge in [-0.25, -0.2) is 18.1 Å². The molecule has 3 aromatic carbocycles.